The molecule has 56 heavy (non-hydrogen) atoms. The van der Waals surface area contributed by atoms with E-state index in [1.165, 1.54) is 11.1 Å². The van der Waals surface area contributed by atoms with Crippen molar-refractivity contribution in [2.45, 2.75) is 162 Å². The van der Waals surface area contributed by atoms with Gasteiger partial charge in [-0.25, -0.2) is 4.57 Å². The van der Waals surface area contributed by atoms with Crippen molar-refractivity contribution in [2.24, 2.45) is 5.73 Å². The lowest BCUT2D eigenvalue weighted by Crippen LogP contribution is -2.30. The monoisotopic (exact) mass is 809 g/mol. The van der Waals surface area contributed by atoms with E-state index in [1.807, 2.05) is 18.2 Å². The van der Waals surface area contributed by atoms with Crippen LogP contribution in [0, 0.1) is 13.8 Å². The van der Waals surface area contributed by atoms with Crippen LogP contribution >= 0.6 is 7.82 Å². The molecule has 320 valence electrons. The number of allylic oxidation sites excluding steroid dienone is 7. The van der Waals surface area contributed by atoms with Crippen LogP contribution in [-0.4, -0.2) is 71.7 Å². The van der Waals surface area contributed by atoms with Crippen molar-refractivity contribution in [1.82, 2.24) is 0 Å². The summed E-state index contributed by atoms with van der Waals surface area (Å²) in [5.41, 5.74) is 7.86. The van der Waals surface area contributed by atoms with Gasteiger partial charge in [0.25, 0.3) is 0 Å². The van der Waals surface area contributed by atoms with Gasteiger partial charge in [-0.3, -0.25) is 18.6 Å². The molecule has 13 heteroatoms. The minimum absolute atomic E-state index is 0.00331. The number of hydrogen-bond donors (Lipinski definition) is 4. The average molecular weight is 810 g/mol. The first kappa shape index (κ1) is 51.2. The molecular formula is C43H72NO11P. The smallest absolute Gasteiger partial charge is 0.466 e. The maximum absolute atomic E-state index is 12.6. The van der Waals surface area contributed by atoms with Crippen LogP contribution in [0.25, 0.3) is 0 Å². The SMILES string of the molecule is CC/C=C\C/C=C\C/C=C\C/C=C\C[C@H](O)[C@@H](O)CCCC(=O)OC[C@H](COP(=O)(O)OCCN)OC(=O)CCCCCCCCc1oc(CCC)c(C)c1C. The van der Waals surface area contributed by atoms with E-state index >= 15 is 0 Å². The molecule has 0 radical (unpaired) electrons. The summed E-state index contributed by atoms with van der Waals surface area (Å²) in [4.78, 5) is 35.0. The second-order valence-corrected chi connectivity index (χ2v) is 15.5. The van der Waals surface area contributed by atoms with Crippen LogP contribution in [0.1, 0.15) is 139 Å². The van der Waals surface area contributed by atoms with E-state index in [2.05, 4.69) is 58.1 Å². The van der Waals surface area contributed by atoms with Crippen LogP contribution in [0.5, 0.6) is 0 Å². The van der Waals surface area contributed by atoms with Gasteiger partial charge in [-0.2, -0.15) is 0 Å². The van der Waals surface area contributed by atoms with Crippen LogP contribution in [0.2, 0.25) is 0 Å². The molecular weight excluding hydrogens is 737 g/mol. The van der Waals surface area contributed by atoms with E-state index in [1.54, 1.807) is 0 Å². The Morgan fingerprint density at radius 1 is 0.732 bits per heavy atom. The lowest BCUT2D eigenvalue weighted by Gasteiger charge is -2.20. The summed E-state index contributed by atoms with van der Waals surface area (Å²) < 4.78 is 38.7. The van der Waals surface area contributed by atoms with Crippen molar-refractivity contribution in [3.8, 4) is 0 Å². The zero-order chi connectivity index (χ0) is 41.4. The summed E-state index contributed by atoms with van der Waals surface area (Å²) in [6.45, 7) is 7.38. The van der Waals surface area contributed by atoms with Crippen molar-refractivity contribution < 1.29 is 52.2 Å². The maximum atomic E-state index is 12.6. The molecule has 0 spiro atoms. The van der Waals surface area contributed by atoms with E-state index in [0.29, 0.717) is 6.42 Å². The van der Waals surface area contributed by atoms with Gasteiger partial charge in [-0.05, 0) is 89.2 Å². The summed E-state index contributed by atoms with van der Waals surface area (Å²) in [6, 6.07) is 0. The summed E-state index contributed by atoms with van der Waals surface area (Å²) in [7, 11) is -4.46. The third-order valence-corrected chi connectivity index (χ3v) is 10.1. The first-order valence-corrected chi connectivity index (χ1v) is 22.1. The highest BCUT2D eigenvalue weighted by Gasteiger charge is 2.26. The van der Waals surface area contributed by atoms with Crippen molar-refractivity contribution >= 4 is 19.8 Å². The first-order chi connectivity index (χ1) is 26.9. The molecule has 0 saturated heterocycles. The van der Waals surface area contributed by atoms with Crippen molar-refractivity contribution in [2.75, 3.05) is 26.4 Å². The second kappa shape index (κ2) is 32.2. The van der Waals surface area contributed by atoms with Gasteiger partial charge in [0.15, 0.2) is 6.10 Å². The molecule has 0 saturated carbocycles. The number of hydrogen-bond acceptors (Lipinski definition) is 11. The molecule has 1 aromatic rings. The maximum Gasteiger partial charge on any atom is 0.472 e. The fourth-order valence-electron chi connectivity index (χ4n) is 5.71. The van der Waals surface area contributed by atoms with E-state index in [-0.39, 0.29) is 45.3 Å². The second-order valence-electron chi connectivity index (χ2n) is 14.0. The number of phosphoric acid groups is 1. The van der Waals surface area contributed by atoms with E-state index < -0.39 is 51.3 Å². The number of nitrogens with two attached hydrogens (primary N) is 1. The lowest BCUT2D eigenvalue weighted by molar-refractivity contribution is -0.161. The molecule has 0 fully saturated rings. The number of unbranched alkanes of at least 4 members (excludes halogenated alkanes) is 5. The number of aryl methyl sites for hydroxylation is 2. The Hall–Kier alpha value is -2.83. The normalized spacial score (nSPS) is 14.9. The fourth-order valence-corrected chi connectivity index (χ4v) is 6.47. The van der Waals surface area contributed by atoms with Crippen LogP contribution in [0.3, 0.4) is 0 Å². The van der Waals surface area contributed by atoms with Gasteiger partial charge in [-0.1, -0.05) is 88.1 Å². The molecule has 1 rings (SSSR count). The molecule has 0 aliphatic heterocycles. The lowest BCUT2D eigenvalue weighted by atomic mass is 10.0. The molecule has 0 amide bonds. The molecule has 1 unspecified atom stereocenters. The van der Waals surface area contributed by atoms with Gasteiger partial charge in [0, 0.05) is 32.2 Å². The third-order valence-electron chi connectivity index (χ3n) is 9.10. The number of phosphoric ester groups is 1. The largest absolute Gasteiger partial charge is 0.472 e. The number of carbonyl (C=O) groups is 2. The molecule has 1 aromatic heterocycles. The Bertz CT molecular complexity index is 1370. The standard InChI is InChI=1S/C43H72NO11P/c1-5-7-8-9-10-11-12-13-14-15-18-21-26-38(45)39(46)27-24-30-42(47)51-33-37(34-53-56(49,50)52-32-31-44)54-43(48)29-23-20-17-16-19-22-28-41-36(4)35(3)40(55-41)25-6-2/h7-8,10-11,13-14,18,21,37-39,45-46H,5-6,9,12,15-17,19-20,22-34,44H2,1-4H3,(H,49,50)/b8-7-,11-10-,14-13-,21-18-/t37-,38+,39+/m1/s1. The minimum atomic E-state index is -4.46. The van der Waals surface area contributed by atoms with Crippen LogP contribution in [0.15, 0.2) is 53.0 Å². The Balaban J connectivity index is 2.40. The fraction of sp³-hybridized carbons (Fsp3) is 0.674. The van der Waals surface area contributed by atoms with E-state index in [4.69, 9.17) is 28.7 Å². The predicted octanol–water partition coefficient (Wildman–Crippen LogP) is 8.76. The Labute approximate surface area is 336 Å². The molecule has 12 nitrogen and oxygen atoms in total. The summed E-state index contributed by atoms with van der Waals surface area (Å²) in [6.07, 6.45) is 26.2. The Kier molecular flexibility index (Phi) is 29.4. The van der Waals surface area contributed by atoms with Crippen LogP contribution < -0.4 is 5.73 Å². The average Bonchev–Trinajstić information content (AvgIpc) is 3.44. The molecule has 4 atom stereocenters. The van der Waals surface area contributed by atoms with Gasteiger partial charge in [0.05, 0.1) is 25.4 Å². The topological polar surface area (TPSA) is 188 Å². The van der Waals surface area contributed by atoms with Gasteiger partial charge >= 0.3 is 19.8 Å². The summed E-state index contributed by atoms with van der Waals surface area (Å²) in [5.74, 6) is 1.03. The Morgan fingerprint density at radius 2 is 1.30 bits per heavy atom. The van der Waals surface area contributed by atoms with Crippen LogP contribution in [0.4, 0.5) is 0 Å². The zero-order valence-corrected chi connectivity index (χ0v) is 35.4. The number of ether oxygens (including phenoxy) is 2. The van der Waals surface area contributed by atoms with Crippen molar-refractivity contribution in [3.63, 3.8) is 0 Å². The third kappa shape index (κ3) is 25.4. The number of carbonyl (C=O) groups excluding carboxylic acids is 2. The summed E-state index contributed by atoms with van der Waals surface area (Å²) in [5, 5.41) is 20.6. The molecule has 5 N–H and O–H groups in total. The quantitative estimate of drug-likeness (QED) is 0.0225. The number of aliphatic hydroxyl groups excluding tert-OH is 2. The van der Waals surface area contributed by atoms with E-state index in [0.717, 1.165) is 88.6 Å². The highest BCUT2D eigenvalue weighted by atomic mass is 31.2. The van der Waals surface area contributed by atoms with E-state index in [9.17, 15) is 29.3 Å². The number of rotatable bonds is 34. The molecule has 1 heterocycles. The molecule has 0 bridgehead atoms. The number of esters is 2. The van der Waals surface area contributed by atoms with Crippen LogP contribution in [-0.2, 0) is 45.5 Å². The molecule has 0 aliphatic carbocycles. The molecule has 0 aromatic carbocycles. The van der Waals surface area contributed by atoms with Crippen molar-refractivity contribution in [3.05, 3.63) is 71.3 Å². The van der Waals surface area contributed by atoms with Gasteiger partial charge in [0.2, 0.25) is 0 Å². The first-order valence-electron chi connectivity index (χ1n) is 20.6. The molecule has 0 aliphatic rings. The Morgan fingerprint density at radius 3 is 1.93 bits per heavy atom. The van der Waals surface area contributed by atoms with Gasteiger partial charge in [-0.15, -0.1) is 0 Å². The zero-order valence-electron chi connectivity index (χ0n) is 34.5. The number of furan rings is 1. The van der Waals surface area contributed by atoms with Crippen molar-refractivity contribution in [1.29, 1.82) is 0 Å². The summed E-state index contributed by atoms with van der Waals surface area (Å²) >= 11 is 0. The highest BCUT2D eigenvalue weighted by molar-refractivity contribution is 7.47. The van der Waals surface area contributed by atoms with Gasteiger partial charge in [0.1, 0.15) is 18.1 Å². The van der Waals surface area contributed by atoms with Gasteiger partial charge < -0.3 is 34.7 Å². The highest BCUT2D eigenvalue weighted by Crippen LogP contribution is 2.43. The predicted molar refractivity (Wildman–Crippen MR) is 221 cm³/mol. The minimum Gasteiger partial charge on any atom is -0.466 e. The number of aliphatic hydroxyl groups is 2.